The third-order valence-corrected chi connectivity index (χ3v) is 4.44. The number of amides is 2. The molecule has 0 radical (unpaired) electrons. The predicted molar refractivity (Wildman–Crippen MR) is 82.8 cm³/mol. The van der Waals surface area contributed by atoms with Gasteiger partial charge in [-0.05, 0) is 46.3 Å². The van der Waals surface area contributed by atoms with Gasteiger partial charge in [0.25, 0.3) is 0 Å². The molecule has 0 aromatic carbocycles. The Morgan fingerprint density at radius 1 is 1.10 bits per heavy atom. The molecule has 2 rings (SSSR count). The largest absolute Gasteiger partial charge is 0.356 e. The second kappa shape index (κ2) is 7.78. The molecule has 1 N–H and O–H groups in total. The van der Waals surface area contributed by atoms with E-state index in [-0.39, 0.29) is 23.7 Å². The van der Waals surface area contributed by atoms with E-state index in [0.717, 1.165) is 45.3 Å². The monoisotopic (exact) mass is 295 g/mol. The zero-order valence-electron chi connectivity index (χ0n) is 13.4. The molecular formula is C16H29N3O2. The van der Waals surface area contributed by atoms with Gasteiger partial charge < -0.3 is 15.1 Å². The van der Waals surface area contributed by atoms with E-state index in [1.54, 1.807) is 0 Å². The number of likely N-dealkylation sites (tertiary alicyclic amines) is 1. The molecule has 1 aliphatic heterocycles. The lowest BCUT2D eigenvalue weighted by molar-refractivity contribution is -0.134. The first-order chi connectivity index (χ1) is 10.1. The van der Waals surface area contributed by atoms with Crippen molar-refractivity contribution in [2.45, 2.75) is 38.5 Å². The molecule has 2 aliphatic rings. The first kappa shape index (κ1) is 16.3. The number of hydrogen-bond acceptors (Lipinski definition) is 3. The first-order valence-corrected chi connectivity index (χ1v) is 8.31. The predicted octanol–water partition coefficient (Wildman–Crippen LogP) is 1.09. The number of nitrogens with zero attached hydrogens (tertiary/aromatic N) is 2. The highest BCUT2D eigenvalue weighted by Crippen LogP contribution is 2.40. The molecule has 0 aromatic rings. The van der Waals surface area contributed by atoms with Crippen LogP contribution in [0.4, 0.5) is 0 Å². The summed E-state index contributed by atoms with van der Waals surface area (Å²) in [6.45, 7) is 3.44. The van der Waals surface area contributed by atoms with Crippen molar-refractivity contribution in [3.63, 3.8) is 0 Å². The Kier molecular flexibility index (Phi) is 6.03. The van der Waals surface area contributed by atoms with Crippen LogP contribution in [0.3, 0.4) is 0 Å². The maximum absolute atomic E-state index is 12.4. The van der Waals surface area contributed by atoms with Gasteiger partial charge in [-0.25, -0.2) is 0 Å². The zero-order valence-corrected chi connectivity index (χ0v) is 13.4. The van der Waals surface area contributed by atoms with E-state index in [1.165, 1.54) is 12.8 Å². The smallest absolute Gasteiger partial charge is 0.226 e. The summed E-state index contributed by atoms with van der Waals surface area (Å²) in [5.41, 5.74) is 0. The molecule has 1 saturated carbocycles. The molecule has 0 bridgehead atoms. The summed E-state index contributed by atoms with van der Waals surface area (Å²) in [6.07, 6.45) is 6.37. The summed E-state index contributed by atoms with van der Waals surface area (Å²) in [4.78, 5) is 28.5. The Balaban J connectivity index is 1.68. The van der Waals surface area contributed by atoms with Gasteiger partial charge in [0.2, 0.25) is 11.8 Å². The van der Waals surface area contributed by atoms with Crippen molar-refractivity contribution < 1.29 is 9.59 Å². The Morgan fingerprint density at radius 3 is 2.38 bits per heavy atom. The molecular weight excluding hydrogens is 266 g/mol. The topological polar surface area (TPSA) is 52.7 Å². The van der Waals surface area contributed by atoms with Gasteiger partial charge in [-0.15, -0.1) is 0 Å². The van der Waals surface area contributed by atoms with E-state index in [2.05, 4.69) is 10.2 Å². The van der Waals surface area contributed by atoms with E-state index in [9.17, 15) is 9.59 Å². The van der Waals surface area contributed by atoms with E-state index >= 15 is 0 Å². The number of carbonyl (C=O) groups is 2. The molecule has 21 heavy (non-hydrogen) atoms. The minimum Gasteiger partial charge on any atom is -0.356 e. The zero-order chi connectivity index (χ0) is 15.2. The number of nitrogens with one attached hydrogen (secondary N) is 1. The fourth-order valence-electron chi connectivity index (χ4n) is 3.02. The second-order valence-electron chi connectivity index (χ2n) is 6.64. The fraction of sp³-hybridized carbons (Fsp3) is 0.875. The lowest BCUT2D eigenvalue weighted by atomic mass is 10.2. The summed E-state index contributed by atoms with van der Waals surface area (Å²) in [7, 11) is 4.05. The SMILES string of the molecule is CN(C)CCCNC(=O)C1CC1C(=O)N1CCCCCC1. The normalized spacial score (nSPS) is 25.6. The van der Waals surface area contributed by atoms with Crippen LogP contribution in [0.1, 0.15) is 38.5 Å². The minimum atomic E-state index is -0.0693. The molecule has 0 aromatic heterocycles. The maximum atomic E-state index is 12.4. The highest BCUT2D eigenvalue weighted by Gasteiger charge is 2.49. The standard InChI is InChI=1S/C16H29N3O2/c1-18(2)9-7-8-17-15(20)13-12-14(13)16(21)19-10-5-3-4-6-11-19/h13-14H,3-12H2,1-2H3,(H,17,20). The van der Waals surface area contributed by atoms with Gasteiger partial charge in [0.1, 0.15) is 0 Å². The Morgan fingerprint density at radius 2 is 1.76 bits per heavy atom. The lowest BCUT2D eigenvalue weighted by Gasteiger charge is -2.20. The van der Waals surface area contributed by atoms with Crippen molar-refractivity contribution in [1.29, 1.82) is 0 Å². The van der Waals surface area contributed by atoms with Gasteiger partial charge in [-0.3, -0.25) is 9.59 Å². The highest BCUT2D eigenvalue weighted by molar-refractivity contribution is 5.92. The molecule has 5 nitrogen and oxygen atoms in total. The molecule has 120 valence electrons. The average molecular weight is 295 g/mol. The average Bonchev–Trinajstić information content (AvgIpc) is 3.25. The van der Waals surface area contributed by atoms with Crippen LogP contribution in [0, 0.1) is 11.8 Å². The minimum absolute atomic E-state index is 0.0445. The molecule has 2 atom stereocenters. The first-order valence-electron chi connectivity index (χ1n) is 8.31. The van der Waals surface area contributed by atoms with Crippen molar-refractivity contribution in [3.05, 3.63) is 0 Å². The molecule has 0 spiro atoms. The Bertz CT molecular complexity index is 363. The number of carbonyl (C=O) groups excluding carboxylic acids is 2. The molecule has 1 heterocycles. The summed E-state index contributed by atoms with van der Waals surface area (Å²) in [6, 6.07) is 0. The van der Waals surface area contributed by atoms with Crippen LogP contribution in [0.2, 0.25) is 0 Å². The maximum Gasteiger partial charge on any atom is 0.226 e. The summed E-state index contributed by atoms with van der Waals surface area (Å²) < 4.78 is 0. The lowest BCUT2D eigenvalue weighted by Crippen LogP contribution is -2.35. The van der Waals surface area contributed by atoms with E-state index in [4.69, 9.17) is 0 Å². The van der Waals surface area contributed by atoms with Crippen molar-refractivity contribution in [1.82, 2.24) is 15.1 Å². The Labute approximate surface area is 128 Å². The quantitative estimate of drug-likeness (QED) is 0.746. The Hall–Kier alpha value is -1.10. The number of rotatable bonds is 6. The molecule has 1 aliphatic carbocycles. The van der Waals surface area contributed by atoms with Crippen LogP contribution in [0.5, 0.6) is 0 Å². The molecule has 2 amide bonds. The number of hydrogen-bond donors (Lipinski definition) is 1. The molecule has 1 saturated heterocycles. The highest BCUT2D eigenvalue weighted by atomic mass is 16.2. The van der Waals surface area contributed by atoms with E-state index in [1.807, 2.05) is 19.0 Å². The van der Waals surface area contributed by atoms with Gasteiger partial charge in [0.05, 0.1) is 11.8 Å². The second-order valence-corrected chi connectivity index (χ2v) is 6.64. The van der Waals surface area contributed by atoms with Crippen molar-refractivity contribution in [2.24, 2.45) is 11.8 Å². The van der Waals surface area contributed by atoms with Crippen LogP contribution in [0.15, 0.2) is 0 Å². The van der Waals surface area contributed by atoms with E-state index < -0.39 is 0 Å². The van der Waals surface area contributed by atoms with Crippen LogP contribution < -0.4 is 5.32 Å². The van der Waals surface area contributed by atoms with Gasteiger partial charge in [-0.2, -0.15) is 0 Å². The molecule has 2 fully saturated rings. The molecule has 5 heteroatoms. The van der Waals surface area contributed by atoms with Crippen LogP contribution in [-0.4, -0.2) is 61.9 Å². The van der Waals surface area contributed by atoms with Crippen LogP contribution in [-0.2, 0) is 9.59 Å². The summed E-state index contributed by atoms with van der Waals surface area (Å²) in [5.74, 6) is 0.171. The van der Waals surface area contributed by atoms with Crippen molar-refractivity contribution in [2.75, 3.05) is 40.3 Å². The van der Waals surface area contributed by atoms with Gasteiger partial charge in [-0.1, -0.05) is 12.8 Å². The third kappa shape index (κ3) is 4.99. The van der Waals surface area contributed by atoms with Crippen LogP contribution >= 0.6 is 0 Å². The van der Waals surface area contributed by atoms with Gasteiger partial charge >= 0.3 is 0 Å². The van der Waals surface area contributed by atoms with Crippen LogP contribution in [0.25, 0.3) is 0 Å². The summed E-state index contributed by atoms with van der Waals surface area (Å²) >= 11 is 0. The third-order valence-electron chi connectivity index (χ3n) is 4.44. The van der Waals surface area contributed by atoms with E-state index in [0.29, 0.717) is 6.54 Å². The van der Waals surface area contributed by atoms with Gasteiger partial charge in [0, 0.05) is 19.6 Å². The van der Waals surface area contributed by atoms with Crippen molar-refractivity contribution in [3.8, 4) is 0 Å². The van der Waals surface area contributed by atoms with Crippen molar-refractivity contribution >= 4 is 11.8 Å². The van der Waals surface area contributed by atoms with Gasteiger partial charge in [0.15, 0.2) is 0 Å². The summed E-state index contributed by atoms with van der Waals surface area (Å²) in [5, 5.41) is 2.96. The fourth-order valence-corrected chi connectivity index (χ4v) is 3.02. The molecule has 2 unspecified atom stereocenters.